The largest absolute Gasteiger partial charge is 0.453 e. The second-order valence-electron chi connectivity index (χ2n) is 4.65. The monoisotopic (exact) mass is 290 g/mol. The molecule has 22 heavy (non-hydrogen) atoms. The fourth-order valence-electron chi connectivity index (χ4n) is 1.99. The molecule has 3 aromatic rings. The van der Waals surface area contributed by atoms with Crippen LogP contribution in [-0.2, 0) is 0 Å². The molecule has 0 fully saturated rings. The Labute approximate surface area is 128 Å². The minimum absolute atomic E-state index is 0.500. The Kier molecular flexibility index (Phi) is 4.16. The van der Waals surface area contributed by atoms with Crippen molar-refractivity contribution < 1.29 is 14.3 Å². The highest BCUT2D eigenvalue weighted by Gasteiger charge is 2.09. The molecule has 0 aliphatic rings. The lowest BCUT2D eigenvalue weighted by Crippen LogP contribution is -1.92. The summed E-state index contributed by atoms with van der Waals surface area (Å²) in [6.45, 7) is 0. The summed E-state index contributed by atoms with van der Waals surface area (Å²) >= 11 is 0. The SMILES string of the molecule is O=Cc1ccc(Oc2ccccc2)c(Oc2ccccc2)c1. The first-order valence-corrected chi connectivity index (χ1v) is 6.90. The van der Waals surface area contributed by atoms with Crippen LogP contribution in [0.15, 0.2) is 78.9 Å². The lowest BCUT2D eigenvalue weighted by Gasteiger charge is -2.12. The average molecular weight is 290 g/mol. The molecule has 3 heteroatoms. The maximum absolute atomic E-state index is 11.0. The Balaban J connectivity index is 1.93. The first-order valence-electron chi connectivity index (χ1n) is 6.90. The number of para-hydroxylation sites is 2. The molecule has 3 aromatic carbocycles. The van der Waals surface area contributed by atoms with Crippen LogP contribution in [0.5, 0.6) is 23.0 Å². The third-order valence-electron chi connectivity index (χ3n) is 3.05. The molecule has 0 saturated carbocycles. The summed E-state index contributed by atoms with van der Waals surface area (Å²) in [7, 11) is 0. The minimum atomic E-state index is 0.500. The number of carbonyl (C=O) groups is 1. The first kappa shape index (κ1) is 13.9. The fraction of sp³-hybridized carbons (Fsp3) is 0. The zero-order valence-electron chi connectivity index (χ0n) is 11.8. The molecule has 0 heterocycles. The lowest BCUT2D eigenvalue weighted by atomic mass is 10.2. The van der Waals surface area contributed by atoms with E-state index in [2.05, 4.69) is 0 Å². The molecule has 0 amide bonds. The van der Waals surface area contributed by atoms with Crippen molar-refractivity contribution in [2.45, 2.75) is 0 Å². The van der Waals surface area contributed by atoms with E-state index < -0.39 is 0 Å². The Morgan fingerprint density at radius 3 is 1.73 bits per heavy atom. The van der Waals surface area contributed by atoms with Gasteiger partial charge in [-0.1, -0.05) is 36.4 Å². The van der Waals surface area contributed by atoms with Crippen LogP contribution in [0.25, 0.3) is 0 Å². The summed E-state index contributed by atoms with van der Waals surface area (Å²) in [5.74, 6) is 2.45. The van der Waals surface area contributed by atoms with Crippen molar-refractivity contribution in [2.24, 2.45) is 0 Å². The van der Waals surface area contributed by atoms with Gasteiger partial charge in [0.1, 0.15) is 17.8 Å². The Morgan fingerprint density at radius 1 is 0.636 bits per heavy atom. The number of benzene rings is 3. The molecule has 3 rings (SSSR count). The molecule has 0 radical (unpaired) electrons. The van der Waals surface area contributed by atoms with Crippen molar-refractivity contribution in [1.82, 2.24) is 0 Å². The second-order valence-corrected chi connectivity index (χ2v) is 4.65. The van der Waals surface area contributed by atoms with Crippen LogP contribution in [0.2, 0.25) is 0 Å². The average Bonchev–Trinajstić information content (AvgIpc) is 2.58. The minimum Gasteiger partial charge on any atom is -0.453 e. The van der Waals surface area contributed by atoms with Gasteiger partial charge in [-0.15, -0.1) is 0 Å². The molecule has 0 aliphatic heterocycles. The predicted octanol–water partition coefficient (Wildman–Crippen LogP) is 5.08. The summed E-state index contributed by atoms with van der Waals surface area (Å²) in [4.78, 5) is 11.0. The van der Waals surface area contributed by atoms with Crippen LogP contribution in [0.3, 0.4) is 0 Å². The molecule has 0 aromatic heterocycles. The summed E-state index contributed by atoms with van der Waals surface area (Å²) in [6.07, 6.45) is 0.782. The highest BCUT2D eigenvalue weighted by molar-refractivity contribution is 5.76. The smallest absolute Gasteiger partial charge is 0.170 e. The predicted molar refractivity (Wildman–Crippen MR) is 84.9 cm³/mol. The van der Waals surface area contributed by atoms with E-state index in [4.69, 9.17) is 9.47 Å². The highest BCUT2D eigenvalue weighted by atomic mass is 16.5. The maximum Gasteiger partial charge on any atom is 0.170 e. The van der Waals surface area contributed by atoms with Gasteiger partial charge in [0.15, 0.2) is 11.5 Å². The van der Waals surface area contributed by atoms with E-state index in [9.17, 15) is 4.79 Å². The van der Waals surface area contributed by atoms with Crippen LogP contribution in [-0.4, -0.2) is 6.29 Å². The van der Waals surface area contributed by atoms with Gasteiger partial charge in [0.25, 0.3) is 0 Å². The van der Waals surface area contributed by atoms with E-state index in [1.165, 1.54) is 0 Å². The number of hydrogen-bond acceptors (Lipinski definition) is 3. The van der Waals surface area contributed by atoms with E-state index in [0.717, 1.165) is 6.29 Å². The molecule has 0 spiro atoms. The molecule has 0 saturated heterocycles. The van der Waals surface area contributed by atoms with Crippen molar-refractivity contribution in [3.63, 3.8) is 0 Å². The van der Waals surface area contributed by atoms with Gasteiger partial charge in [-0.2, -0.15) is 0 Å². The van der Waals surface area contributed by atoms with Gasteiger partial charge in [0.2, 0.25) is 0 Å². The van der Waals surface area contributed by atoms with Gasteiger partial charge in [0, 0.05) is 5.56 Å². The van der Waals surface area contributed by atoms with E-state index in [-0.39, 0.29) is 0 Å². The van der Waals surface area contributed by atoms with Crippen molar-refractivity contribution in [3.05, 3.63) is 84.4 Å². The molecule has 0 unspecified atom stereocenters. The van der Waals surface area contributed by atoms with Gasteiger partial charge in [0.05, 0.1) is 0 Å². The van der Waals surface area contributed by atoms with Crippen LogP contribution in [0.1, 0.15) is 10.4 Å². The molecular weight excluding hydrogens is 276 g/mol. The Hall–Kier alpha value is -3.07. The van der Waals surface area contributed by atoms with Gasteiger partial charge in [-0.25, -0.2) is 0 Å². The molecule has 108 valence electrons. The van der Waals surface area contributed by atoms with Gasteiger partial charge >= 0.3 is 0 Å². The van der Waals surface area contributed by atoms with E-state index in [1.807, 2.05) is 60.7 Å². The quantitative estimate of drug-likeness (QED) is 0.614. The van der Waals surface area contributed by atoms with E-state index in [0.29, 0.717) is 28.6 Å². The Bertz CT molecular complexity index is 752. The molecule has 0 N–H and O–H groups in total. The van der Waals surface area contributed by atoms with Crippen LogP contribution >= 0.6 is 0 Å². The number of ether oxygens (including phenoxy) is 2. The normalized spacial score (nSPS) is 10.0. The number of aldehydes is 1. The fourth-order valence-corrected chi connectivity index (χ4v) is 1.99. The standard InChI is InChI=1S/C19H14O3/c20-14-15-11-12-18(21-16-7-3-1-4-8-16)19(13-15)22-17-9-5-2-6-10-17/h1-14H. The van der Waals surface area contributed by atoms with Crippen LogP contribution in [0.4, 0.5) is 0 Å². The van der Waals surface area contributed by atoms with E-state index in [1.54, 1.807) is 18.2 Å². The van der Waals surface area contributed by atoms with Crippen molar-refractivity contribution >= 4 is 6.29 Å². The van der Waals surface area contributed by atoms with Gasteiger partial charge in [-0.3, -0.25) is 4.79 Å². The third-order valence-corrected chi connectivity index (χ3v) is 3.05. The van der Waals surface area contributed by atoms with Crippen LogP contribution < -0.4 is 9.47 Å². The third kappa shape index (κ3) is 3.33. The number of carbonyl (C=O) groups excluding carboxylic acids is 1. The molecule has 3 nitrogen and oxygen atoms in total. The molecular formula is C19H14O3. The zero-order chi connectivity index (χ0) is 15.2. The molecule has 0 bridgehead atoms. The lowest BCUT2D eigenvalue weighted by molar-refractivity contribution is 0.112. The summed E-state index contributed by atoms with van der Waals surface area (Å²) in [5, 5.41) is 0. The van der Waals surface area contributed by atoms with Gasteiger partial charge in [-0.05, 0) is 42.5 Å². The molecule has 0 atom stereocenters. The zero-order valence-corrected chi connectivity index (χ0v) is 11.8. The van der Waals surface area contributed by atoms with Crippen molar-refractivity contribution in [2.75, 3.05) is 0 Å². The first-order chi connectivity index (χ1) is 10.8. The number of rotatable bonds is 5. The number of hydrogen-bond donors (Lipinski definition) is 0. The van der Waals surface area contributed by atoms with Crippen molar-refractivity contribution in [1.29, 1.82) is 0 Å². The molecule has 0 aliphatic carbocycles. The summed E-state index contributed by atoms with van der Waals surface area (Å²) in [5.41, 5.74) is 0.534. The topological polar surface area (TPSA) is 35.5 Å². The maximum atomic E-state index is 11.0. The highest BCUT2D eigenvalue weighted by Crippen LogP contribution is 2.35. The van der Waals surface area contributed by atoms with Crippen molar-refractivity contribution in [3.8, 4) is 23.0 Å². The Morgan fingerprint density at radius 2 is 1.18 bits per heavy atom. The second kappa shape index (κ2) is 6.59. The summed E-state index contributed by atoms with van der Waals surface area (Å²) in [6, 6.07) is 23.9. The van der Waals surface area contributed by atoms with Crippen LogP contribution in [0, 0.1) is 0 Å². The van der Waals surface area contributed by atoms with E-state index >= 15 is 0 Å². The van der Waals surface area contributed by atoms with Gasteiger partial charge < -0.3 is 9.47 Å². The summed E-state index contributed by atoms with van der Waals surface area (Å²) < 4.78 is 11.7.